The van der Waals surface area contributed by atoms with Crippen LogP contribution in [0, 0.1) is 0 Å². The van der Waals surface area contributed by atoms with E-state index in [4.69, 9.17) is 0 Å². The van der Waals surface area contributed by atoms with Gasteiger partial charge in [-0.2, -0.15) is 0 Å². The topological polar surface area (TPSA) is 22.0 Å². The van der Waals surface area contributed by atoms with Crippen LogP contribution in [-0.4, -0.2) is 4.57 Å². The van der Waals surface area contributed by atoms with Crippen LogP contribution < -0.4 is 5.56 Å². The molecule has 2 rings (SSSR count). The Hall–Kier alpha value is -1.09. The molecule has 0 aliphatic rings. The van der Waals surface area contributed by atoms with Crippen molar-refractivity contribution in [2.24, 2.45) is 0 Å². The van der Waals surface area contributed by atoms with Gasteiger partial charge in [0.15, 0.2) is 0 Å². The van der Waals surface area contributed by atoms with Crippen LogP contribution in [0.4, 0.5) is 0 Å². The molecule has 0 radical (unpaired) electrons. The SMILES string of the molecule is CCCn1c(=O)ccc2cc(CBr)ccc21. The van der Waals surface area contributed by atoms with Crippen LogP contribution in [0.1, 0.15) is 18.9 Å². The first-order chi connectivity index (χ1) is 7.76. The average molecular weight is 280 g/mol. The number of benzene rings is 1. The summed E-state index contributed by atoms with van der Waals surface area (Å²) in [5, 5.41) is 1.97. The fourth-order valence-electron chi connectivity index (χ4n) is 1.89. The average Bonchev–Trinajstić information content (AvgIpc) is 2.32. The van der Waals surface area contributed by atoms with Gasteiger partial charge >= 0.3 is 0 Å². The van der Waals surface area contributed by atoms with E-state index in [0.717, 1.165) is 29.2 Å². The summed E-state index contributed by atoms with van der Waals surface area (Å²) in [5.41, 5.74) is 2.34. The number of halogens is 1. The standard InChI is InChI=1S/C13H14BrNO/c1-2-7-15-12-5-3-10(9-14)8-11(12)4-6-13(15)16/h3-6,8H,2,7,9H2,1H3. The third-order valence-electron chi connectivity index (χ3n) is 2.66. The maximum Gasteiger partial charge on any atom is 0.251 e. The van der Waals surface area contributed by atoms with Crippen molar-refractivity contribution in [3.8, 4) is 0 Å². The monoisotopic (exact) mass is 279 g/mol. The third-order valence-corrected chi connectivity index (χ3v) is 3.30. The zero-order valence-corrected chi connectivity index (χ0v) is 10.8. The number of aromatic nitrogens is 1. The van der Waals surface area contributed by atoms with Gasteiger partial charge in [0.05, 0.1) is 5.52 Å². The Morgan fingerprint density at radius 3 is 2.75 bits per heavy atom. The number of nitrogens with zero attached hydrogens (tertiary/aromatic N) is 1. The molecule has 1 aromatic heterocycles. The highest BCUT2D eigenvalue weighted by Gasteiger charge is 2.02. The molecule has 0 aliphatic heterocycles. The number of aryl methyl sites for hydroxylation is 1. The molecular formula is C13H14BrNO. The first-order valence-corrected chi connectivity index (χ1v) is 6.57. The molecule has 1 heterocycles. The highest BCUT2D eigenvalue weighted by molar-refractivity contribution is 9.08. The molecule has 84 valence electrons. The minimum atomic E-state index is 0.0842. The molecule has 0 saturated carbocycles. The molecule has 0 spiro atoms. The fourth-order valence-corrected chi connectivity index (χ4v) is 2.24. The summed E-state index contributed by atoms with van der Waals surface area (Å²) in [5.74, 6) is 0. The number of pyridine rings is 1. The van der Waals surface area contributed by atoms with Crippen molar-refractivity contribution in [3.63, 3.8) is 0 Å². The molecule has 1 aromatic carbocycles. The maximum atomic E-state index is 11.7. The third kappa shape index (κ3) is 2.05. The summed E-state index contributed by atoms with van der Waals surface area (Å²) in [6.07, 6.45) is 0.971. The van der Waals surface area contributed by atoms with Crippen LogP contribution >= 0.6 is 15.9 Å². The quantitative estimate of drug-likeness (QED) is 0.791. The van der Waals surface area contributed by atoms with E-state index >= 15 is 0 Å². The molecule has 0 bridgehead atoms. The van der Waals surface area contributed by atoms with E-state index in [1.807, 2.05) is 16.7 Å². The Labute approximate surface area is 103 Å². The van der Waals surface area contributed by atoms with Gasteiger partial charge in [0.1, 0.15) is 0 Å². The first-order valence-electron chi connectivity index (χ1n) is 5.44. The number of hydrogen-bond acceptors (Lipinski definition) is 1. The summed E-state index contributed by atoms with van der Waals surface area (Å²) in [6.45, 7) is 2.86. The van der Waals surface area contributed by atoms with E-state index in [1.54, 1.807) is 6.07 Å². The zero-order chi connectivity index (χ0) is 11.5. The lowest BCUT2D eigenvalue weighted by molar-refractivity contribution is 0.678. The van der Waals surface area contributed by atoms with E-state index in [-0.39, 0.29) is 5.56 Å². The predicted molar refractivity (Wildman–Crippen MR) is 71.1 cm³/mol. The second-order valence-corrected chi connectivity index (χ2v) is 4.41. The van der Waals surface area contributed by atoms with Gasteiger partial charge in [-0.05, 0) is 35.6 Å². The van der Waals surface area contributed by atoms with E-state index in [0.29, 0.717) is 0 Å². The molecule has 16 heavy (non-hydrogen) atoms. The van der Waals surface area contributed by atoms with Gasteiger partial charge < -0.3 is 4.57 Å². The van der Waals surface area contributed by atoms with Crippen molar-refractivity contribution in [2.75, 3.05) is 0 Å². The maximum absolute atomic E-state index is 11.7. The Morgan fingerprint density at radius 2 is 2.06 bits per heavy atom. The van der Waals surface area contributed by atoms with Gasteiger partial charge in [-0.3, -0.25) is 4.79 Å². The molecule has 0 aliphatic carbocycles. The van der Waals surface area contributed by atoms with Crippen molar-refractivity contribution in [3.05, 3.63) is 46.2 Å². The van der Waals surface area contributed by atoms with Gasteiger partial charge in [-0.25, -0.2) is 0 Å². The van der Waals surface area contributed by atoms with Crippen LogP contribution in [-0.2, 0) is 11.9 Å². The number of hydrogen-bond donors (Lipinski definition) is 0. The molecule has 2 nitrogen and oxygen atoms in total. The summed E-state index contributed by atoms with van der Waals surface area (Å²) in [4.78, 5) is 11.7. The molecule has 0 amide bonds. The number of fused-ring (bicyclic) bond motifs is 1. The van der Waals surface area contributed by atoms with Crippen molar-refractivity contribution in [1.29, 1.82) is 0 Å². The van der Waals surface area contributed by atoms with Crippen LogP contribution in [0.25, 0.3) is 10.9 Å². The molecule has 3 heteroatoms. The van der Waals surface area contributed by atoms with Crippen molar-refractivity contribution in [2.45, 2.75) is 25.2 Å². The minimum absolute atomic E-state index is 0.0842. The van der Waals surface area contributed by atoms with Crippen molar-refractivity contribution >= 4 is 26.8 Å². The molecule has 2 aromatic rings. The van der Waals surface area contributed by atoms with Gasteiger partial charge in [0.25, 0.3) is 5.56 Å². The second kappa shape index (κ2) is 4.83. The van der Waals surface area contributed by atoms with E-state index < -0.39 is 0 Å². The molecular weight excluding hydrogens is 266 g/mol. The lowest BCUT2D eigenvalue weighted by Gasteiger charge is -2.09. The smallest absolute Gasteiger partial charge is 0.251 e. The molecule has 0 unspecified atom stereocenters. The molecule has 0 atom stereocenters. The summed E-state index contributed by atoms with van der Waals surface area (Å²) in [6, 6.07) is 9.76. The lowest BCUT2D eigenvalue weighted by Crippen LogP contribution is -2.18. The van der Waals surface area contributed by atoms with E-state index in [1.165, 1.54) is 5.56 Å². The number of rotatable bonds is 3. The van der Waals surface area contributed by atoms with Crippen molar-refractivity contribution < 1.29 is 0 Å². The van der Waals surface area contributed by atoms with Gasteiger partial charge in [-0.1, -0.05) is 28.9 Å². The van der Waals surface area contributed by atoms with Gasteiger partial charge in [0, 0.05) is 17.9 Å². The predicted octanol–water partition coefficient (Wildman–Crippen LogP) is 3.31. The van der Waals surface area contributed by atoms with Crippen LogP contribution in [0.5, 0.6) is 0 Å². The second-order valence-electron chi connectivity index (χ2n) is 3.85. The van der Waals surface area contributed by atoms with Crippen LogP contribution in [0.15, 0.2) is 35.1 Å². The normalized spacial score (nSPS) is 10.9. The van der Waals surface area contributed by atoms with Gasteiger partial charge in [-0.15, -0.1) is 0 Å². The zero-order valence-electron chi connectivity index (χ0n) is 9.24. The van der Waals surface area contributed by atoms with Crippen LogP contribution in [0.2, 0.25) is 0 Å². The number of alkyl halides is 1. The Kier molecular flexibility index (Phi) is 3.44. The van der Waals surface area contributed by atoms with Crippen LogP contribution in [0.3, 0.4) is 0 Å². The minimum Gasteiger partial charge on any atom is -0.308 e. The van der Waals surface area contributed by atoms with Crippen molar-refractivity contribution in [1.82, 2.24) is 4.57 Å². The Morgan fingerprint density at radius 1 is 1.25 bits per heavy atom. The first kappa shape index (κ1) is 11.4. The largest absolute Gasteiger partial charge is 0.308 e. The molecule has 0 saturated heterocycles. The van der Waals surface area contributed by atoms with E-state index in [2.05, 4.69) is 35.0 Å². The lowest BCUT2D eigenvalue weighted by atomic mass is 10.1. The van der Waals surface area contributed by atoms with E-state index in [9.17, 15) is 4.79 Å². The Bertz CT molecular complexity index is 559. The highest BCUT2D eigenvalue weighted by atomic mass is 79.9. The fraction of sp³-hybridized carbons (Fsp3) is 0.308. The highest BCUT2D eigenvalue weighted by Crippen LogP contribution is 2.16. The Balaban J connectivity index is 2.68. The summed E-state index contributed by atoms with van der Waals surface area (Å²) >= 11 is 3.44. The summed E-state index contributed by atoms with van der Waals surface area (Å²) in [7, 11) is 0. The summed E-state index contributed by atoms with van der Waals surface area (Å²) < 4.78 is 1.84. The molecule has 0 fully saturated rings. The van der Waals surface area contributed by atoms with Gasteiger partial charge in [0.2, 0.25) is 0 Å². The molecule has 0 N–H and O–H groups in total.